The van der Waals surface area contributed by atoms with E-state index < -0.39 is 5.91 Å². The van der Waals surface area contributed by atoms with Crippen LogP contribution < -0.4 is 11.1 Å². The third kappa shape index (κ3) is 4.99. The highest BCUT2D eigenvalue weighted by Crippen LogP contribution is 2.19. The molecule has 3 amide bonds. The van der Waals surface area contributed by atoms with Crippen molar-refractivity contribution in [1.29, 1.82) is 0 Å². The van der Waals surface area contributed by atoms with Crippen LogP contribution in [0, 0.1) is 0 Å². The molecule has 2 aromatic heterocycles. The van der Waals surface area contributed by atoms with Gasteiger partial charge in [0.1, 0.15) is 12.2 Å². The molecule has 0 spiro atoms. The van der Waals surface area contributed by atoms with Crippen molar-refractivity contribution < 1.29 is 14.4 Å². The lowest BCUT2D eigenvalue weighted by Crippen LogP contribution is -2.51. The van der Waals surface area contributed by atoms with Crippen LogP contribution in [-0.4, -0.2) is 73.4 Å². The molecule has 0 atom stereocenters. The molecule has 1 aliphatic rings. The van der Waals surface area contributed by atoms with Crippen LogP contribution in [-0.2, 0) is 11.3 Å². The zero-order valence-electron chi connectivity index (χ0n) is 19.4. The minimum absolute atomic E-state index is 0.0212. The molecule has 0 saturated carbocycles. The number of rotatable bonds is 5. The van der Waals surface area contributed by atoms with Crippen molar-refractivity contribution in [2.24, 2.45) is 0 Å². The van der Waals surface area contributed by atoms with E-state index in [0.29, 0.717) is 42.9 Å². The first-order chi connectivity index (χ1) is 17.5. The Hall–Kier alpha value is -4.80. The Labute approximate surface area is 206 Å². The number of nitrogen functional groups attached to an aromatic ring is 1. The maximum atomic E-state index is 12.9. The Morgan fingerprint density at radius 1 is 0.944 bits per heavy atom. The van der Waals surface area contributed by atoms with Crippen LogP contribution in [0.2, 0.25) is 0 Å². The maximum Gasteiger partial charge on any atom is 0.274 e. The summed E-state index contributed by atoms with van der Waals surface area (Å²) in [6.45, 7) is 2.01. The molecule has 1 aliphatic heterocycles. The first kappa shape index (κ1) is 23.0. The Balaban J connectivity index is 1.19. The molecular formula is C25H24N8O3. The van der Waals surface area contributed by atoms with Gasteiger partial charge in [-0.3, -0.25) is 19.1 Å². The third-order valence-corrected chi connectivity index (χ3v) is 5.95. The lowest BCUT2D eigenvalue weighted by molar-refractivity contribution is -0.133. The van der Waals surface area contributed by atoms with Gasteiger partial charge in [-0.15, -0.1) is 0 Å². The number of nitrogens with one attached hydrogen (secondary N) is 1. The Bertz CT molecular complexity index is 1430. The molecule has 0 unspecified atom stereocenters. The molecule has 0 radical (unpaired) electrons. The zero-order chi connectivity index (χ0) is 25.1. The van der Waals surface area contributed by atoms with E-state index in [0.717, 1.165) is 5.39 Å². The fourth-order valence-electron chi connectivity index (χ4n) is 4.09. The van der Waals surface area contributed by atoms with Crippen LogP contribution in [0.3, 0.4) is 0 Å². The van der Waals surface area contributed by atoms with Gasteiger partial charge in [0.05, 0.1) is 5.52 Å². The van der Waals surface area contributed by atoms with Gasteiger partial charge in [-0.2, -0.15) is 5.10 Å². The minimum atomic E-state index is -0.407. The number of piperazine rings is 1. The number of anilines is 2. The number of carbonyl (C=O) groups excluding carboxylic acids is 3. The second kappa shape index (κ2) is 9.82. The summed E-state index contributed by atoms with van der Waals surface area (Å²) in [5, 5.41) is 8.03. The number of hydrogen-bond donors (Lipinski definition) is 2. The van der Waals surface area contributed by atoms with Crippen molar-refractivity contribution in [3.05, 3.63) is 78.2 Å². The van der Waals surface area contributed by atoms with Crippen molar-refractivity contribution in [2.45, 2.75) is 6.54 Å². The standard InChI is InChI=1S/C25H24N8O3/c26-25-27-9-8-21(29-25)23(35)28-19-6-7-20-18(14-19)15-33(30-20)16-22(34)31-10-12-32(13-11-31)24(36)17-4-2-1-3-5-17/h1-9,14-15H,10-13,16H2,(H,28,35)(H2,26,27,29). The molecular weight excluding hydrogens is 460 g/mol. The number of amides is 3. The maximum absolute atomic E-state index is 12.9. The lowest BCUT2D eigenvalue weighted by atomic mass is 10.2. The van der Waals surface area contributed by atoms with Gasteiger partial charge in [-0.1, -0.05) is 18.2 Å². The SMILES string of the molecule is Nc1nccc(C(=O)Nc2ccc3nn(CC(=O)N4CCN(C(=O)c5ccccc5)CC4)cc3c2)n1. The van der Waals surface area contributed by atoms with Gasteiger partial charge in [0, 0.05) is 55.2 Å². The molecule has 3 N–H and O–H groups in total. The van der Waals surface area contributed by atoms with Crippen LogP contribution in [0.4, 0.5) is 11.6 Å². The van der Waals surface area contributed by atoms with Crippen molar-refractivity contribution in [2.75, 3.05) is 37.2 Å². The first-order valence-corrected chi connectivity index (χ1v) is 11.5. The summed E-state index contributed by atoms with van der Waals surface area (Å²) in [5.74, 6) is -0.472. The summed E-state index contributed by atoms with van der Waals surface area (Å²) >= 11 is 0. The summed E-state index contributed by atoms with van der Waals surface area (Å²) in [7, 11) is 0. The summed E-state index contributed by atoms with van der Waals surface area (Å²) in [4.78, 5) is 49.1. The molecule has 2 aromatic carbocycles. The summed E-state index contributed by atoms with van der Waals surface area (Å²) in [5.41, 5.74) is 7.62. The average molecular weight is 485 g/mol. The predicted octanol–water partition coefficient (Wildman–Crippen LogP) is 1.65. The third-order valence-electron chi connectivity index (χ3n) is 5.95. The zero-order valence-corrected chi connectivity index (χ0v) is 19.4. The number of nitrogens with two attached hydrogens (primary N) is 1. The van der Waals surface area contributed by atoms with Crippen molar-refractivity contribution in [3.63, 3.8) is 0 Å². The number of carbonyl (C=O) groups is 3. The number of aromatic nitrogens is 4. The Morgan fingerprint density at radius 2 is 1.69 bits per heavy atom. The second-order valence-electron chi connectivity index (χ2n) is 8.39. The number of nitrogens with zero attached hydrogens (tertiary/aromatic N) is 6. The van der Waals surface area contributed by atoms with E-state index in [1.807, 2.05) is 18.2 Å². The molecule has 1 saturated heterocycles. The second-order valence-corrected chi connectivity index (χ2v) is 8.39. The van der Waals surface area contributed by atoms with E-state index in [2.05, 4.69) is 20.4 Å². The van der Waals surface area contributed by atoms with Crippen molar-refractivity contribution in [1.82, 2.24) is 29.5 Å². The molecule has 11 heteroatoms. The molecule has 0 bridgehead atoms. The van der Waals surface area contributed by atoms with Gasteiger partial charge < -0.3 is 20.9 Å². The number of benzene rings is 2. The number of hydrogen-bond acceptors (Lipinski definition) is 7. The van der Waals surface area contributed by atoms with E-state index in [1.165, 1.54) is 12.3 Å². The van der Waals surface area contributed by atoms with E-state index in [1.54, 1.807) is 51.0 Å². The largest absolute Gasteiger partial charge is 0.368 e. The molecule has 11 nitrogen and oxygen atoms in total. The lowest BCUT2D eigenvalue weighted by Gasteiger charge is -2.34. The van der Waals surface area contributed by atoms with Crippen molar-refractivity contribution in [3.8, 4) is 0 Å². The summed E-state index contributed by atoms with van der Waals surface area (Å²) in [6.07, 6.45) is 3.18. The quantitative estimate of drug-likeness (QED) is 0.439. The Morgan fingerprint density at radius 3 is 2.44 bits per heavy atom. The summed E-state index contributed by atoms with van der Waals surface area (Å²) < 4.78 is 1.59. The van der Waals surface area contributed by atoms with Gasteiger partial charge >= 0.3 is 0 Å². The van der Waals surface area contributed by atoms with Gasteiger partial charge in [0.25, 0.3) is 11.8 Å². The molecule has 36 heavy (non-hydrogen) atoms. The van der Waals surface area contributed by atoms with Crippen molar-refractivity contribution >= 4 is 40.3 Å². The average Bonchev–Trinajstić information content (AvgIpc) is 3.30. The monoisotopic (exact) mass is 484 g/mol. The molecule has 1 fully saturated rings. The molecule has 4 aromatic rings. The van der Waals surface area contributed by atoms with E-state index in [4.69, 9.17) is 5.73 Å². The van der Waals surface area contributed by atoms with Crippen LogP contribution >= 0.6 is 0 Å². The fourth-order valence-corrected chi connectivity index (χ4v) is 4.09. The topological polar surface area (TPSA) is 139 Å². The smallest absolute Gasteiger partial charge is 0.274 e. The Kier molecular flexibility index (Phi) is 6.27. The van der Waals surface area contributed by atoms with Gasteiger partial charge in [0.15, 0.2) is 0 Å². The highest BCUT2D eigenvalue weighted by Gasteiger charge is 2.25. The molecule has 5 rings (SSSR count). The van der Waals surface area contributed by atoms with Gasteiger partial charge in [0.2, 0.25) is 11.9 Å². The molecule has 182 valence electrons. The van der Waals surface area contributed by atoms with Crippen LogP contribution in [0.25, 0.3) is 10.9 Å². The fraction of sp³-hybridized carbons (Fsp3) is 0.200. The first-order valence-electron chi connectivity index (χ1n) is 11.5. The van der Waals surface area contributed by atoms with Crippen LogP contribution in [0.5, 0.6) is 0 Å². The van der Waals surface area contributed by atoms with Crippen LogP contribution in [0.1, 0.15) is 20.8 Å². The summed E-state index contributed by atoms with van der Waals surface area (Å²) in [6, 6.07) is 15.9. The van der Waals surface area contributed by atoms with Crippen LogP contribution in [0.15, 0.2) is 67.0 Å². The molecule has 3 heterocycles. The highest BCUT2D eigenvalue weighted by molar-refractivity contribution is 6.03. The van der Waals surface area contributed by atoms with Gasteiger partial charge in [-0.05, 0) is 36.4 Å². The van der Waals surface area contributed by atoms with E-state index in [-0.39, 0.29) is 30.0 Å². The number of fused-ring (bicyclic) bond motifs is 1. The highest BCUT2D eigenvalue weighted by atomic mass is 16.2. The minimum Gasteiger partial charge on any atom is -0.368 e. The van der Waals surface area contributed by atoms with Gasteiger partial charge in [-0.25, -0.2) is 9.97 Å². The predicted molar refractivity (Wildman–Crippen MR) is 133 cm³/mol. The molecule has 0 aliphatic carbocycles. The van der Waals surface area contributed by atoms with E-state index >= 15 is 0 Å². The normalized spacial score (nSPS) is 13.6. The van der Waals surface area contributed by atoms with E-state index in [9.17, 15) is 14.4 Å².